The van der Waals surface area contributed by atoms with Gasteiger partial charge >= 0.3 is 6.09 Å². The Morgan fingerprint density at radius 2 is 1.65 bits per heavy atom. The molecule has 0 saturated carbocycles. The quantitative estimate of drug-likeness (QED) is 0.139. The first-order valence-electron chi connectivity index (χ1n) is 17.7. The molecule has 10 nitrogen and oxygen atoms in total. The van der Waals surface area contributed by atoms with E-state index in [1.807, 2.05) is 44.2 Å². The lowest BCUT2D eigenvalue weighted by Crippen LogP contribution is -2.51. The molecule has 2 aromatic heterocycles. The number of halogens is 2. The number of carbonyl (C=O) groups excluding carboxylic acids is 2. The maximum absolute atomic E-state index is 16.2. The van der Waals surface area contributed by atoms with Crippen LogP contribution in [0.3, 0.4) is 0 Å². The maximum Gasteiger partial charge on any atom is 0.407 e. The molecule has 1 aliphatic carbocycles. The van der Waals surface area contributed by atoms with Crippen LogP contribution >= 0.6 is 0 Å². The first-order valence-corrected chi connectivity index (χ1v) is 17.7. The van der Waals surface area contributed by atoms with E-state index in [4.69, 9.17) is 9.72 Å². The van der Waals surface area contributed by atoms with E-state index in [1.165, 1.54) is 7.11 Å². The lowest BCUT2D eigenvalue weighted by molar-refractivity contribution is -0.135. The smallest absolute Gasteiger partial charge is 0.407 e. The zero-order valence-electron chi connectivity index (χ0n) is 28.9. The third-order valence-electron chi connectivity index (χ3n) is 10.6. The molecule has 5 aromatic rings. The molecule has 2 saturated heterocycles. The minimum atomic E-state index is -3.18. The molecular weight excluding hydrogens is 652 g/mol. The van der Waals surface area contributed by atoms with E-state index in [0.29, 0.717) is 40.1 Å². The lowest BCUT2D eigenvalue weighted by Gasteiger charge is -2.29. The average molecular weight is 694 g/mol. The Bertz CT molecular complexity index is 2130. The largest absolute Gasteiger partial charge is 0.453 e. The van der Waals surface area contributed by atoms with Gasteiger partial charge in [0, 0.05) is 23.2 Å². The fourth-order valence-electron chi connectivity index (χ4n) is 7.88. The number of likely N-dealkylation sites (tertiary alicyclic amines) is 1. The number of alkyl carbamates (subject to hydrolysis) is 1. The molecule has 0 spiro atoms. The van der Waals surface area contributed by atoms with Crippen LogP contribution in [0, 0.1) is 5.92 Å². The summed E-state index contributed by atoms with van der Waals surface area (Å²) in [5.41, 5.74) is 5.34. The second-order valence-electron chi connectivity index (χ2n) is 14.2. The Balaban J connectivity index is 1.05. The van der Waals surface area contributed by atoms with Gasteiger partial charge in [0.25, 0.3) is 5.92 Å². The zero-order valence-corrected chi connectivity index (χ0v) is 28.9. The molecule has 8 rings (SSSR count). The number of nitrogens with zero attached hydrogens (tertiary/aromatic N) is 3. The van der Waals surface area contributed by atoms with E-state index in [-0.39, 0.29) is 35.0 Å². The van der Waals surface area contributed by atoms with E-state index < -0.39 is 18.1 Å². The molecule has 0 radical (unpaired) electrons. The number of methoxy groups -OCH3 is 1. The molecule has 1 unspecified atom stereocenters. The Kier molecular flexibility index (Phi) is 8.36. The number of carbonyl (C=O) groups is 2. The van der Waals surface area contributed by atoms with Gasteiger partial charge in [0.15, 0.2) is 0 Å². The zero-order chi connectivity index (χ0) is 35.4. The summed E-state index contributed by atoms with van der Waals surface area (Å²) in [6, 6.07) is 15.3. The standard InChI is InChI=1S/C39H41F2N7O3/c1-21(2)34(47-38(50)51-3)37(49)48-16-6-8-33(48)36-44-29-14-11-23(19-31(29)45-36)22-9-12-25-26-13-10-24(18-28(26)39(40,41)27(25)17-22)32-20-43-35(46-32)30-7-4-5-15-42-30/h9-14,17-21,30,33-34,42H,4-8,15-16H2,1-3H3,(H,43,46)(H,44,45)(H,47,50)/t30?,33-,34-/m0/s1. The van der Waals surface area contributed by atoms with Gasteiger partial charge in [-0.05, 0) is 84.7 Å². The van der Waals surface area contributed by atoms with Crippen molar-refractivity contribution >= 4 is 23.0 Å². The molecule has 264 valence electrons. The van der Waals surface area contributed by atoms with Gasteiger partial charge in [-0.15, -0.1) is 0 Å². The number of hydrogen-bond acceptors (Lipinski definition) is 6. The van der Waals surface area contributed by atoms with Crippen LogP contribution < -0.4 is 10.6 Å². The summed E-state index contributed by atoms with van der Waals surface area (Å²) in [4.78, 5) is 43.5. The average Bonchev–Trinajstić information content (AvgIpc) is 3.95. The SMILES string of the molecule is COC(=O)N[C@H](C(=O)N1CCC[C@H]1c1nc2ccc(-c3ccc4c(c3)C(F)(F)c3cc(-c5cnc(C6CCCCN6)[nH]5)ccc3-4)cc2[nH]1)C(C)C. The first kappa shape index (κ1) is 33.1. The van der Waals surface area contributed by atoms with Gasteiger partial charge in [0.2, 0.25) is 5.91 Å². The molecular formula is C39H41F2N7O3. The van der Waals surface area contributed by atoms with Crippen molar-refractivity contribution in [2.45, 2.75) is 70.0 Å². The van der Waals surface area contributed by atoms with Gasteiger partial charge < -0.3 is 30.2 Å². The van der Waals surface area contributed by atoms with Crippen molar-refractivity contribution in [3.05, 3.63) is 83.6 Å². The molecule has 3 atom stereocenters. The van der Waals surface area contributed by atoms with Gasteiger partial charge in [0.05, 0.1) is 42.1 Å². The second-order valence-corrected chi connectivity index (χ2v) is 14.2. The molecule has 4 N–H and O–H groups in total. The predicted octanol–water partition coefficient (Wildman–Crippen LogP) is 7.60. The number of aromatic amines is 2. The van der Waals surface area contributed by atoms with Crippen LogP contribution in [-0.2, 0) is 15.5 Å². The van der Waals surface area contributed by atoms with E-state index in [0.717, 1.165) is 61.2 Å². The molecule has 4 heterocycles. The molecule has 3 aliphatic rings. The van der Waals surface area contributed by atoms with Crippen LogP contribution in [0.15, 0.2) is 60.8 Å². The highest BCUT2D eigenvalue weighted by Gasteiger charge is 2.45. The Morgan fingerprint density at radius 1 is 0.922 bits per heavy atom. The highest BCUT2D eigenvalue weighted by molar-refractivity contribution is 5.88. The number of piperidine rings is 1. The summed E-state index contributed by atoms with van der Waals surface area (Å²) < 4.78 is 37.2. The van der Waals surface area contributed by atoms with E-state index in [9.17, 15) is 9.59 Å². The number of aromatic nitrogens is 4. The molecule has 2 amide bonds. The summed E-state index contributed by atoms with van der Waals surface area (Å²) in [5, 5.41) is 6.16. The van der Waals surface area contributed by atoms with Crippen LogP contribution in [0.4, 0.5) is 13.6 Å². The third-order valence-corrected chi connectivity index (χ3v) is 10.6. The number of ether oxygens (including phenoxy) is 1. The van der Waals surface area contributed by atoms with Crippen LogP contribution in [0.25, 0.3) is 44.5 Å². The van der Waals surface area contributed by atoms with Crippen molar-refractivity contribution < 1.29 is 23.1 Å². The Labute approximate surface area is 294 Å². The second kappa shape index (κ2) is 12.9. The Morgan fingerprint density at radius 3 is 2.37 bits per heavy atom. The number of benzene rings is 3. The van der Waals surface area contributed by atoms with E-state index in [1.54, 1.807) is 35.4 Å². The number of alkyl halides is 2. The minimum absolute atomic E-state index is 0.00934. The van der Waals surface area contributed by atoms with Crippen molar-refractivity contribution in [1.82, 2.24) is 35.5 Å². The normalized spacial score (nSPS) is 20.0. The van der Waals surface area contributed by atoms with E-state index in [2.05, 4.69) is 25.6 Å². The van der Waals surface area contributed by atoms with Gasteiger partial charge in [-0.3, -0.25) is 4.79 Å². The van der Waals surface area contributed by atoms with Crippen LogP contribution in [0.2, 0.25) is 0 Å². The van der Waals surface area contributed by atoms with Crippen molar-refractivity contribution in [2.75, 3.05) is 20.2 Å². The number of rotatable bonds is 7. The molecule has 2 aliphatic heterocycles. The third kappa shape index (κ3) is 5.85. The molecule has 3 aromatic carbocycles. The summed E-state index contributed by atoms with van der Waals surface area (Å²) in [7, 11) is 1.27. The summed E-state index contributed by atoms with van der Waals surface area (Å²) >= 11 is 0. The summed E-state index contributed by atoms with van der Waals surface area (Å²) in [6.07, 6.45) is 5.88. The predicted molar refractivity (Wildman–Crippen MR) is 190 cm³/mol. The van der Waals surface area contributed by atoms with Gasteiger partial charge in [-0.25, -0.2) is 14.8 Å². The van der Waals surface area contributed by atoms with Crippen LogP contribution in [0.5, 0.6) is 0 Å². The van der Waals surface area contributed by atoms with Crippen molar-refractivity contribution in [1.29, 1.82) is 0 Å². The topological polar surface area (TPSA) is 128 Å². The van der Waals surface area contributed by atoms with Crippen molar-refractivity contribution in [2.24, 2.45) is 5.92 Å². The van der Waals surface area contributed by atoms with Crippen LogP contribution in [0.1, 0.15) is 80.8 Å². The number of amides is 2. The van der Waals surface area contributed by atoms with Gasteiger partial charge in [-0.2, -0.15) is 8.78 Å². The number of H-pyrrole nitrogens is 2. The highest BCUT2D eigenvalue weighted by atomic mass is 19.3. The fraction of sp³-hybridized carbons (Fsp3) is 0.385. The monoisotopic (exact) mass is 693 g/mol. The van der Waals surface area contributed by atoms with Crippen LogP contribution in [-0.4, -0.2) is 63.1 Å². The van der Waals surface area contributed by atoms with Crippen molar-refractivity contribution in [3.63, 3.8) is 0 Å². The molecule has 12 heteroatoms. The maximum atomic E-state index is 16.2. The molecule has 0 bridgehead atoms. The van der Waals surface area contributed by atoms with Gasteiger partial charge in [-0.1, -0.05) is 50.6 Å². The van der Waals surface area contributed by atoms with Crippen molar-refractivity contribution in [3.8, 4) is 33.5 Å². The number of fused-ring (bicyclic) bond motifs is 4. The number of nitrogens with one attached hydrogen (secondary N) is 4. The lowest BCUT2D eigenvalue weighted by atomic mass is 9.98. The summed E-state index contributed by atoms with van der Waals surface area (Å²) in [6.45, 7) is 5.25. The fourth-order valence-corrected chi connectivity index (χ4v) is 7.88. The van der Waals surface area contributed by atoms with E-state index >= 15 is 8.78 Å². The van der Waals surface area contributed by atoms with Gasteiger partial charge in [0.1, 0.15) is 17.7 Å². The molecule has 51 heavy (non-hydrogen) atoms. The minimum Gasteiger partial charge on any atom is -0.453 e. The first-order chi connectivity index (χ1) is 24.6. The molecule has 2 fully saturated rings. The number of imidazole rings is 2. The number of hydrogen-bond donors (Lipinski definition) is 4. The summed E-state index contributed by atoms with van der Waals surface area (Å²) in [5.74, 6) is -2.01. The Hall–Kier alpha value is -5.10. The highest BCUT2D eigenvalue weighted by Crippen LogP contribution is 2.52.